The third-order valence-corrected chi connectivity index (χ3v) is 5.05. The number of aliphatic carboxylic acids is 1. The van der Waals surface area contributed by atoms with Crippen LogP contribution >= 0.6 is 0 Å². The van der Waals surface area contributed by atoms with Crippen molar-refractivity contribution >= 4 is 29.6 Å². The van der Waals surface area contributed by atoms with Crippen LogP contribution in [0.15, 0.2) is 24.3 Å². The van der Waals surface area contributed by atoms with Crippen LogP contribution in [0.4, 0.5) is 0 Å². The van der Waals surface area contributed by atoms with Gasteiger partial charge in [0.15, 0.2) is 0 Å². The summed E-state index contributed by atoms with van der Waals surface area (Å²) in [7, 11) is 0. The van der Waals surface area contributed by atoms with Gasteiger partial charge >= 0.3 is 5.97 Å². The number of carboxylic acids is 1. The number of rotatable bonds is 10. The van der Waals surface area contributed by atoms with Gasteiger partial charge in [0, 0.05) is 13.0 Å². The van der Waals surface area contributed by atoms with Gasteiger partial charge in [0.1, 0.15) is 23.9 Å². The van der Waals surface area contributed by atoms with Crippen molar-refractivity contribution in [2.24, 2.45) is 11.5 Å². The maximum Gasteiger partial charge on any atom is 0.326 e. The fraction of sp³-hybridized carbons (Fsp3) is 0.450. The van der Waals surface area contributed by atoms with E-state index in [1.54, 1.807) is 0 Å². The highest BCUT2D eigenvalue weighted by molar-refractivity contribution is 5.96. The zero-order chi connectivity index (χ0) is 23.8. The second-order valence-corrected chi connectivity index (χ2v) is 7.45. The minimum atomic E-state index is -1.27. The van der Waals surface area contributed by atoms with Crippen LogP contribution in [0.5, 0.6) is 5.75 Å². The lowest BCUT2D eigenvalue weighted by molar-refractivity contribution is -0.145. The molecule has 1 heterocycles. The van der Waals surface area contributed by atoms with Crippen molar-refractivity contribution in [3.05, 3.63) is 29.8 Å². The standard InChI is InChI=1S/C20H27N5O7/c21-10-17(28)23-13(9-16(22)27)19(30)25-7-1-2-15(25)18(29)24-14(20(31)32)8-11-3-5-12(26)6-4-11/h3-6,13-15,26H,1-2,7-10,21H2,(H2,22,27)(H,23,28)(H,24,29)(H,31,32). The summed E-state index contributed by atoms with van der Waals surface area (Å²) < 4.78 is 0. The fourth-order valence-corrected chi connectivity index (χ4v) is 3.49. The van der Waals surface area contributed by atoms with Gasteiger partial charge in [-0.3, -0.25) is 19.2 Å². The normalized spacial score (nSPS) is 17.3. The average molecular weight is 449 g/mol. The highest BCUT2D eigenvalue weighted by atomic mass is 16.4. The molecule has 3 atom stereocenters. The number of benzene rings is 1. The van der Waals surface area contributed by atoms with Crippen molar-refractivity contribution in [3.63, 3.8) is 0 Å². The molecule has 4 amide bonds. The van der Waals surface area contributed by atoms with Crippen LogP contribution in [0, 0.1) is 0 Å². The molecule has 1 aromatic rings. The van der Waals surface area contributed by atoms with Gasteiger partial charge in [0.25, 0.3) is 0 Å². The Balaban J connectivity index is 2.11. The zero-order valence-corrected chi connectivity index (χ0v) is 17.3. The molecule has 1 saturated heterocycles. The van der Waals surface area contributed by atoms with E-state index < -0.39 is 60.7 Å². The second-order valence-electron chi connectivity index (χ2n) is 7.45. The first kappa shape index (κ1) is 24.6. The number of carbonyl (C=O) groups is 5. The lowest BCUT2D eigenvalue weighted by atomic mass is 10.0. The summed E-state index contributed by atoms with van der Waals surface area (Å²) in [4.78, 5) is 61.6. The number of amides is 4. The molecular formula is C20H27N5O7. The number of nitrogens with two attached hydrogens (primary N) is 2. The predicted octanol–water partition coefficient (Wildman–Crippen LogP) is -2.19. The van der Waals surface area contributed by atoms with Crippen LogP contribution in [-0.2, 0) is 30.4 Å². The van der Waals surface area contributed by atoms with Gasteiger partial charge in [0.2, 0.25) is 23.6 Å². The van der Waals surface area contributed by atoms with Crippen molar-refractivity contribution in [2.45, 2.75) is 43.8 Å². The molecule has 1 fully saturated rings. The molecular weight excluding hydrogens is 422 g/mol. The molecule has 12 heteroatoms. The zero-order valence-electron chi connectivity index (χ0n) is 17.3. The van der Waals surface area contributed by atoms with Crippen molar-refractivity contribution in [1.82, 2.24) is 15.5 Å². The van der Waals surface area contributed by atoms with Gasteiger partial charge in [-0.15, -0.1) is 0 Å². The summed E-state index contributed by atoms with van der Waals surface area (Å²) in [5.74, 6) is -4.05. The molecule has 3 unspecified atom stereocenters. The van der Waals surface area contributed by atoms with E-state index in [-0.39, 0.29) is 25.1 Å². The molecule has 0 radical (unpaired) electrons. The van der Waals surface area contributed by atoms with Gasteiger partial charge in [0.05, 0.1) is 13.0 Å². The first-order valence-corrected chi connectivity index (χ1v) is 10.0. The topological polar surface area (TPSA) is 205 Å². The molecule has 0 aliphatic carbocycles. The highest BCUT2D eigenvalue weighted by Crippen LogP contribution is 2.20. The fourth-order valence-electron chi connectivity index (χ4n) is 3.49. The van der Waals surface area contributed by atoms with Crippen molar-refractivity contribution in [3.8, 4) is 5.75 Å². The minimum absolute atomic E-state index is 0.0250. The number of phenolic OH excluding ortho intramolecular Hbond substituents is 1. The minimum Gasteiger partial charge on any atom is -0.508 e. The third-order valence-electron chi connectivity index (χ3n) is 5.05. The molecule has 174 valence electrons. The monoisotopic (exact) mass is 449 g/mol. The van der Waals surface area contributed by atoms with E-state index in [2.05, 4.69) is 10.6 Å². The van der Waals surface area contributed by atoms with Crippen molar-refractivity contribution < 1.29 is 34.2 Å². The molecule has 1 aromatic carbocycles. The number of nitrogens with one attached hydrogen (secondary N) is 2. The number of likely N-dealkylation sites (tertiary alicyclic amines) is 1. The smallest absolute Gasteiger partial charge is 0.326 e. The summed E-state index contributed by atoms with van der Waals surface area (Å²) in [6.07, 6.45) is 0.276. The number of nitrogens with zero attached hydrogens (tertiary/aromatic N) is 1. The maximum atomic E-state index is 12.9. The van der Waals surface area contributed by atoms with Gasteiger partial charge < -0.3 is 37.2 Å². The van der Waals surface area contributed by atoms with Crippen molar-refractivity contribution in [1.29, 1.82) is 0 Å². The number of carbonyl (C=O) groups excluding carboxylic acids is 4. The number of phenols is 1. The van der Waals surface area contributed by atoms with E-state index in [0.29, 0.717) is 12.0 Å². The van der Waals surface area contributed by atoms with Crippen LogP contribution < -0.4 is 22.1 Å². The largest absolute Gasteiger partial charge is 0.508 e. The Bertz CT molecular complexity index is 874. The Morgan fingerprint density at radius 1 is 1.09 bits per heavy atom. The summed E-state index contributed by atoms with van der Waals surface area (Å²) >= 11 is 0. The summed E-state index contributed by atoms with van der Waals surface area (Å²) in [6, 6.07) is 2.39. The first-order valence-electron chi connectivity index (χ1n) is 10.0. The maximum absolute atomic E-state index is 12.9. The molecule has 0 spiro atoms. The Morgan fingerprint density at radius 3 is 2.31 bits per heavy atom. The molecule has 0 aromatic heterocycles. The van der Waals surface area contributed by atoms with Crippen LogP contribution in [-0.4, -0.2) is 75.9 Å². The van der Waals surface area contributed by atoms with Crippen LogP contribution in [0.3, 0.4) is 0 Å². The molecule has 12 nitrogen and oxygen atoms in total. The quantitative estimate of drug-likeness (QED) is 0.231. The van der Waals surface area contributed by atoms with Crippen LogP contribution in [0.25, 0.3) is 0 Å². The Morgan fingerprint density at radius 2 is 1.75 bits per heavy atom. The SMILES string of the molecule is NCC(=O)NC(CC(N)=O)C(=O)N1CCCC1C(=O)NC(Cc1ccc(O)cc1)C(=O)O. The molecule has 0 bridgehead atoms. The lowest BCUT2D eigenvalue weighted by Gasteiger charge is -2.29. The van der Waals surface area contributed by atoms with E-state index in [9.17, 15) is 34.2 Å². The number of aromatic hydroxyl groups is 1. The summed E-state index contributed by atoms with van der Waals surface area (Å²) in [5, 5.41) is 23.6. The van der Waals surface area contributed by atoms with E-state index in [1.807, 2.05) is 0 Å². The summed E-state index contributed by atoms with van der Waals surface area (Å²) in [5.41, 5.74) is 11.0. The average Bonchev–Trinajstić information content (AvgIpc) is 3.23. The number of primary amides is 1. The second kappa shape index (κ2) is 11.1. The predicted molar refractivity (Wildman–Crippen MR) is 111 cm³/mol. The van der Waals surface area contributed by atoms with Gasteiger partial charge in [-0.05, 0) is 30.5 Å². The molecule has 1 aliphatic heterocycles. The lowest BCUT2D eigenvalue weighted by Crippen LogP contribution is -2.56. The molecule has 1 aliphatic rings. The Kier molecular flexibility index (Phi) is 8.53. The molecule has 8 N–H and O–H groups in total. The van der Waals surface area contributed by atoms with Crippen LogP contribution in [0.1, 0.15) is 24.8 Å². The van der Waals surface area contributed by atoms with Gasteiger partial charge in [-0.25, -0.2) is 4.79 Å². The molecule has 2 rings (SSSR count). The van der Waals surface area contributed by atoms with Gasteiger partial charge in [-0.1, -0.05) is 12.1 Å². The first-order chi connectivity index (χ1) is 15.1. The third kappa shape index (κ3) is 6.67. The highest BCUT2D eigenvalue weighted by Gasteiger charge is 2.39. The van der Waals surface area contributed by atoms with E-state index in [1.165, 1.54) is 29.2 Å². The van der Waals surface area contributed by atoms with E-state index in [0.717, 1.165) is 0 Å². The van der Waals surface area contributed by atoms with E-state index >= 15 is 0 Å². The Hall–Kier alpha value is -3.67. The number of hydrogen-bond acceptors (Lipinski definition) is 7. The summed E-state index contributed by atoms with van der Waals surface area (Å²) in [6.45, 7) is -0.204. The Labute approximate surface area is 183 Å². The number of carboxylic acid groups (broad SMARTS) is 1. The van der Waals surface area contributed by atoms with Gasteiger partial charge in [-0.2, -0.15) is 0 Å². The number of hydrogen-bond donors (Lipinski definition) is 6. The molecule has 0 saturated carbocycles. The van der Waals surface area contributed by atoms with Crippen LogP contribution in [0.2, 0.25) is 0 Å². The van der Waals surface area contributed by atoms with E-state index in [4.69, 9.17) is 11.5 Å². The van der Waals surface area contributed by atoms with Crippen molar-refractivity contribution in [2.75, 3.05) is 13.1 Å². The molecule has 32 heavy (non-hydrogen) atoms.